The molecule has 1 fully saturated rings. The minimum absolute atomic E-state index is 0.179. The van der Waals surface area contributed by atoms with E-state index in [0.717, 1.165) is 40.2 Å². The Morgan fingerprint density at radius 3 is 2.23 bits per heavy atom. The number of benzene rings is 2. The van der Waals surface area contributed by atoms with Crippen molar-refractivity contribution in [1.82, 2.24) is 14.9 Å². The number of aromatic nitrogens is 2. The SMILES string of the molecule is Cc1cc(C)c(-n2c(C)cc(C3C(c4ccccn4)NC(=S)N3c3ccc(NS(C)(=O)=O)c(C)c3)c2C)c(C)c1. The molecule has 0 bridgehead atoms. The van der Waals surface area contributed by atoms with Crippen LogP contribution in [0.5, 0.6) is 0 Å². The average molecular weight is 574 g/mol. The van der Waals surface area contributed by atoms with Gasteiger partial charge in [-0.2, -0.15) is 0 Å². The molecule has 0 saturated carbocycles. The van der Waals surface area contributed by atoms with Gasteiger partial charge in [-0.25, -0.2) is 8.42 Å². The van der Waals surface area contributed by atoms with Crippen LogP contribution < -0.4 is 14.9 Å². The summed E-state index contributed by atoms with van der Waals surface area (Å²) < 4.78 is 28.7. The Morgan fingerprint density at radius 2 is 1.62 bits per heavy atom. The van der Waals surface area contributed by atoms with Gasteiger partial charge in [0.25, 0.3) is 0 Å². The van der Waals surface area contributed by atoms with Crippen LogP contribution in [0.4, 0.5) is 11.4 Å². The summed E-state index contributed by atoms with van der Waals surface area (Å²) in [5.41, 5.74) is 11.5. The standard InChI is InChI=1S/C31H35N5O2S2/c1-18-14-20(3)29(21(4)15-18)35-22(5)17-25(23(35)6)30-28(27-10-8-9-13-32-27)33-31(39)36(30)24-11-12-26(19(2)16-24)34-40(7,37)38/h8-17,28,30,34H,1-7H3,(H,33,39). The minimum atomic E-state index is -3.40. The largest absolute Gasteiger partial charge is 0.351 e. The van der Waals surface area contributed by atoms with Crippen LogP contribution in [-0.4, -0.2) is 29.3 Å². The van der Waals surface area contributed by atoms with Crippen LogP contribution in [0, 0.1) is 41.5 Å². The van der Waals surface area contributed by atoms with Crippen molar-refractivity contribution >= 4 is 38.7 Å². The van der Waals surface area contributed by atoms with Gasteiger partial charge in [0.15, 0.2) is 5.11 Å². The lowest BCUT2D eigenvalue weighted by atomic mass is 9.96. The highest BCUT2D eigenvalue weighted by Gasteiger charge is 2.42. The molecule has 2 atom stereocenters. The van der Waals surface area contributed by atoms with E-state index in [-0.39, 0.29) is 12.1 Å². The van der Waals surface area contributed by atoms with Crippen LogP contribution in [0.25, 0.3) is 5.69 Å². The van der Waals surface area contributed by atoms with Gasteiger partial charge in [-0.1, -0.05) is 23.8 Å². The molecular weight excluding hydrogens is 539 g/mol. The van der Waals surface area contributed by atoms with Gasteiger partial charge in [-0.3, -0.25) is 9.71 Å². The first-order chi connectivity index (χ1) is 18.9. The van der Waals surface area contributed by atoms with Gasteiger partial charge in [0.1, 0.15) is 0 Å². The molecule has 1 saturated heterocycles. The predicted octanol–water partition coefficient (Wildman–Crippen LogP) is 6.27. The molecule has 7 nitrogen and oxygen atoms in total. The second-order valence-electron chi connectivity index (χ2n) is 10.8. The van der Waals surface area contributed by atoms with E-state index in [0.29, 0.717) is 10.8 Å². The van der Waals surface area contributed by atoms with Gasteiger partial charge in [-0.05, 0) is 112 Å². The third kappa shape index (κ3) is 5.11. The number of hydrogen-bond donors (Lipinski definition) is 2. The number of aryl methyl sites for hydroxylation is 5. The molecule has 0 spiro atoms. The zero-order chi connectivity index (χ0) is 28.9. The van der Waals surface area contributed by atoms with Crippen molar-refractivity contribution in [1.29, 1.82) is 0 Å². The van der Waals surface area contributed by atoms with E-state index >= 15 is 0 Å². The van der Waals surface area contributed by atoms with E-state index in [4.69, 9.17) is 17.2 Å². The third-order valence-corrected chi connectivity index (χ3v) is 8.43. The highest BCUT2D eigenvalue weighted by Crippen LogP contribution is 2.44. The molecule has 1 aliphatic rings. The van der Waals surface area contributed by atoms with Crippen molar-refractivity contribution in [3.63, 3.8) is 0 Å². The Hall–Kier alpha value is -3.69. The zero-order valence-corrected chi connectivity index (χ0v) is 25.5. The topological polar surface area (TPSA) is 79.3 Å². The van der Waals surface area contributed by atoms with E-state index < -0.39 is 10.0 Å². The van der Waals surface area contributed by atoms with Gasteiger partial charge in [0.05, 0.1) is 35.4 Å². The fourth-order valence-electron chi connectivity index (χ4n) is 6.02. The monoisotopic (exact) mass is 573 g/mol. The van der Waals surface area contributed by atoms with Crippen LogP contribution >= 0.6 is 12.2 Å². The minimum Gasteiger partial charge on any atom is -0.351 e. The van der Waals surface area contributed by atoms with Crippen LogP contribution in [0.1, 0.15) is 57.0 Å². The Kier molecular flexibility index (Phi) is 7.22. The molecule has 3 heterocycles. The fourth-order valence-corrected chi connectivity index (χ4v) is 6.99. The summed E-state index contributed by atoms with van der Waals surface area (Å²) in [6.07, 6.45) is 2.96. The third-order valence-electron chi connectivity index (χ3n) is 7.53. The molecule has 0 amide bonds. The zero-order valence-electron chi connectivity index (χ0n) is 23.9. The van der Waals surface area contributed by atoms with Crippen LogP contribution in [0.2, 0.25) is 0 Å². The lowest BCUT2D eigenvalue weighted by Gasteiger charge is -2.29. The number of sulfonamides is 1. The molecule has 1 aliphatic heterocycles. The molecular formula is C31H35N5O2S2. The van der Waals surface area contributed by atoms with Crippen molar-refractivity contribution in [3.8, 4) is 5.69 Å². The van der Waals surface area contributed by atoms with Crippen molar-refractivity contribution in [2.75, 3.05) is 15.9 Å². The summed E-state index contributed by atoms with van der Waals surface area (Å²) in [6, 6.07) is 18.0. The van der Waals surface area contributed by atoms with Gasteiger partial charge in [-0.15, -0.1) is 0 Å². The predicted molar refractivity (Wildman–Crippen MR) is 167 cm³/mol. The smallest absolute Gasteiger partial charge is 0.229 e. The summed E-state index contributed by atoms with van der Waals surface area (Å²) in [5.74, 6) is 0. The summed E-state index contributed by atoms with van der Waals surface area (Å²) in [4.78, 5) is 6.83. The molecule has 2 aromatic heterocycles. The summed E-state index contributed by atoms with van der Waals surface area (Å²) in [7, 11) is -3.40. The lowest BCUT2D eigenvalue weighted by Crippen LogP contribution is -2.29. The second-order valence-corrected chi connectivity index (χ2v) is 12.9. The molecule has 5 rings (SSSR count). The Balaban J connectivity index is 1.68. The maximum absolute atomic E-state index is 11.9. The van der Waals surface area contributed by atoms with Crippen LogP contribution in [0.3, 0.4) is 0 Å². The maximum atomic E-state index is 11.9. The lowest BCUT2D eigenvalue weighted by molar-refractivity contribution is 0.565. The highest BCUT2D eigenvalue weighted by atomic mass is 32.2. The number of nitrogens with zero attached hydrogens (tertiary/aromatic N) is 3. The van der Waals surface area contributed by atoms with Crippen LogP contribution in [0.15, 0.2) is 60.8 Å². The summed E-state index contributed by atoms with van der Waals surface area (Å²) in [6.45, 7) is 12.7. The Morgan fingerprint density at radius 1 is 0.925 bits per heavy atom. The number of thiocarbonyl (C=S) groups is 1. The quantitative estimate of drug-likeness (QED) is 0.265. The summed E-state index contributed by atoms with van der Waals surface area (Å²) >= 11 is 5.94. The van der Waals surface area contributed by atoms with Gasteiger partial charge in [0.2, 0.25) is 10.0 Å². The average Bonchev–Trinajstić information content (AvgIpc) is 3.35. The number of rotatable bonds is 6. The second kappa shape index (κ2) is 10.4. The summed E-state index contributed by atoms with van der Waals surface area (Å²) in [5, 5.41) is 4.13. The van der Waals surface area contributed by atoms with Gasteiger partial charge in [0, 0.05) is 23.3 Å². The first-order valence-corrected chi connectivity index (χ1v) is 15.5. The first-order valence-electron chi connectivity index (χ1n) is 13.2. The number of anilines is 2. The molecule has 4 aromatic rings. The van der Waals surface area contributed by atoms with Crippen molar-refractivity contribution in [3.05, 3.63) is 106 Å². The van der Waals surface area contributed by atoms with Crippen molar-refractivity contribution < 1.29 is 8.42 Å². The molecule has 9 heteroatoms. The molecule has 2 unspecified atom stereocenters. The molecule has 0 radical (unpaired) electrons. The molecule has 40 heavy (non-hydrogen) atoms. The van der Waals surface area contributed by atoms with Crippen LogP contribution in [-0.2, 0) is 10.0 Å². The van der Waals surface area contributed by atoms with Gasteiger partial charge < -0.3 is 14.8 Å². The number of pyridine rings is 1. The molecule has 208 valence electrons. The fraction of sp³-hybridized carbons (Fsp3) is 0.290. The van der Waals surface area contributed by atoms with Gasteiger partial charge >= 0.3 is 0 Å². The molecule has 2 N–H and O–H groups in total. The molecule has 0 aliphatic carbocycles. The normalized spacial score (nSPS) is 17.3. The number of hydrogen-bond acceptors (Lipinski definition) is 4. The van der Waals surface area contributed by atoms with E-state index in [9.17, 15) is 8.42 Å². The Bertz CT molecular complexity index is 1710. The van der Waals surface area contributed by atoms with E-state index in [1.54, 1.807) is 12.3 Å². The van der Waals surface area contributed by atoms with Crippen molar-refractivity contribution in [2.45, 2.75) is 53.6 Å². The maximum Gasteiger partial charge on any atom is 0.229 e. The molecule has 2 aromatic carbocycles. The Labute approximate surface area is 242 Å². The van der Waals surface area contributed by atoms with E-state index in [1.165, 1.54) is 22.4 Å². The van der Waals surface area contributed by atoms with Crippen molar-refractivity contribution in [2.24, 2.45) is 0 Å². The van der Waals surface area contributed by atoms with E-state index in [2.05, 4.69) is 72.3 Å². The highest BCUT2D eigenvalue weighted by molar-refractivity contribution is 7.92. The first kappa shape index (κ1) is 27.9. The number of nitrogens with one attached hydrogen (secondary N) is 2. The van der Waals surface area contributed by atoms with E-state index in [1.807, 2.05) is 37.3 Å².